The van der Waals surface area contributed by atoms with Crippen LogP contribution in [0.15, 0.2) is 0 Å². The average Bonchev–Trinajstić information content (AvgIpc) is 2.14. The third-order valence-electron chi connectivity index (χ3n) is 2.61. The molecule has 0 aromatic carbocycles. The normalized spacial score (nSPS) is 11.5. The third-order valence-corrected chi connectivity index (χ3v) is 2.61. The van der Waals surface area contributed by atoms with E-state index in [1.54, 1.807) is 0 Å². The van der Waals surface area contributed by atoms with Crippen LogP contribution in [-0.2, 0) is 13.1 Å². The second kappa shape index (κ2) is 6.07. The summed E-state index contributed by atoms with van der Waals surface area (Å²) in [5, 5.41) is 3.41. The number of hydrogen-bond donors (Lipinski definition) is 1. The first kappa shape index (κ1) is 14.1. The van der Waals surface area contributed by atoms with E-state index in [9.17, 15) is 0 Å². The van der Waals surface area contributed by atoms with Crippen LogP contribution in [0.25, 0.3) is 0 Å². The summed E-state index contributed by atoms with van der Waals surface area (Å²) in [7, 11) is 4.06. The van der Waals surface area contributed by atoms with Gasteiger partial charge < -0.3 is 10.2 Å². The van der Waals surface area contributed by atoms with Crippen molar-refractivity contribution >= 4 is 0 Å². The lowest BCUT2D eigenvalue weighted by Crippen LogP contribution is -2.24. The largest absolute Gasteiger partial charge is 0.310 e. The summed E-state index contributed by atoms with van der Waals surface area (Å²) in [6.07, 6.45) is 0. The zero-order chi connectivity index (χ0) is 13.0. The Kier molecular flexibility index (Phi) is 5.02. The second-order valence-corrected chi connectivity index (χ2v) is 5.06. The van der Waals surface area contributed by atoms with Crippen LogP contribution < -0.4 is 5.32 Å². The second-order valence-electron chi connectivity index (χ2n) is 5.06. The summed E-state index contributed by atoms with van der Waals surface area (Å²) in [5.41, 5.74) is 3.39. The highest BCUT2D eigenvalue weighted by atomic mass is 15.1. The third kappa shape index (κ3) is 4.40. The highest BCUT2D eigenvalue weighted by Crippen LogP contribution is 2.11. The molecule has 0 radical (unpaired) electrons. The smallest absolute Gasteiger partial charge is 0.142 e. The van der Waals surface area contributed by atoms with E-state index in [0.717, 1.165) is 30.3 Å². The fourth-order valence-electron chi connectivity index (χ4n) is 1.72. The molecule has 4 nitrogen and oxygen atoms in total. The molecule has 17 heavy (non-hydrogen) atoms. The fraction of sp³-hybridized carbons (Fsp3) is 0.692. The minimum absolute atomic E-state index is 0.482. The van der Waals surface area contributed by atoms with Crippen LogP contribution in [0.3, 0.4) is 0 Å². The first-order valence-corrected chi connectivity index (χ1v) is 6.11. The highest BCUT2D eigenvalue weighted by molar-refractivity contribution is 5.24. The maximum absolute atomic E-state index is 4.56. The molecule has 0 bridgehead atoms. The lowest BCUT2D eigenvalue weighted by Gasteiger charge is -2.15. The van der Waals surface area contributed by atoms with Gasteiger partial charge in [0.1, 0.15) is 5.82 Å². The molecule has 1 rings (SSSR count). The molecule has 0 unspecified atom stereocenters. The van der Waals surface area contributed by atoms with Crippen molar-refractivity contribution in [2.75, 3.05) is 14.1 Å². The SMILES string of the molecule is Cc1nc(CN(C)C)nc(C)c1CNC(C)C. The van der Waals surface area contributed by atoms with Gasteiger partial charge in [-0.25, -0.2) is 9.97 Å². The van der Waals surface area contributed by atoms with E-state index >= 15 is 0 Å². The molecule has 0 aliphatic heterocycles. The van der Waals surface area contributed by atoms with Gasteiger partial charge in [-0.1, -0.05) is 13.8 Å². The molecule has 0 saturated carbocycles. The summed E-state index contributed by atoms with van der Waals surface area (Å²) in [5.74, 6) is 0.901. The predicted molar refractivity (Wildman–Crippen MR) is 70.9 cm³/mol. The number of hydrogen-bond acceptors (Lipinski definition) is 4. The van der Waals surface area contributed by atoms with Crippen LogP contribution in [0.1, 0.15) is 36.6 Å². The zero-order valence-corrected chi connectivity index (χ0v) is 11.8. The number of nitrogens with zero attached hydrogens (tertiary/aromatic N) is 3. The fourth-order valence-corrected chi connectivity index (χ4v) is 1.72. The Labute approximate surface area is 104 Å². The first-order valence-electron chi connectivity index (χ1n) is 6.11. The molecule has 1 N–H and O–H groups in total. The van der Waals surface area contributed by atoms with Gasteiger partial charge in [-0.2, -0.15) is 0 Å². The number of aryl methyl sites for hydroxylation is 2. The van der Waals surface area contributed by atoms with Gasteiger partial charge in [0.05, 0.1) is 6.54 Å². The van der Waals surface area contributed by atoms with Gasteiger partial charge in [-0.3, -0.25) is 0 Å². The zero-order valence-electron chi connectivity index (χ0n) is 11.8. The molecule has 1 aromatic rings. The van der Waals surface area contributed by atoms with Crippen molar-refractivity contribution in [3.8, 4) is 0 Å². The van der Waals surface area contributed by atoms with Gasteiger partial charge in [0.15, 0.2) is 0 Å². The molecule has 0 atom stereocenters. The average molecular weight is 236 g/mol. The van der Waals surface area contributed by atoms with E-state index in [2.05, 4.69) is 47.9 Å². The minimum atomic E-state index is 0.482. The van der Waals surface area contributed by atoms with Gasteiger partial charge in [0.2, 0.25) is 0 Å². The monoisotopic (exact) mass is 236 g/mol. The predicted octanol–water partition coefficient (Wildman–Crippen LogP) is 1.65. The molecule has 0 fully saturated rings. The van der Waals surface area contributed by atoms with E-state index in [1.807, 2.05) is 14.1 Å². The molecule has 1 aromatic heterocycles. The Balaban J connectivity index is 2.86. The minimum Gasteiger partial charge on any atom is -0.310 e. The van der Waals surface area contributed by atoms with Crippen LogP contribution >= 0.6 is 0 Å². The molecular formula is C13H24N4. The quantitative estimate of drug-likeness (QED) is 0.844. The number of nitrogens with one attached hydrogen (secondary N) is 1. The van der Waals surface area contributed by atoms with Crippen molar-refractivity contribution < 1.29 is 0 Å². The molecule has 0 spiro atoms. The first-order chi connectivity index (χ1) is 7.90. The highest BCUT2D eigenvalue weighted by Gasteiger charge is 2.09. The molecular weight excluding hydrogens is 212 g/mol. The van der Waals surface area contributed by atoms with Crippen molar-refractivity contribution in [1.82, 2.24) is 20.2 Å². The Morgan fingerprint density at radius 3 is 2.06 bits per heavy atom. The Morgan fingerprint density at radius 2 is 1.65 bits per heavy atom. The molecule has 0 aliphatic carbocycles. The van der Waals surface area contributed by atoms with Crippen molar-refractivity contribution in [3.63, 3.8) is 0 Å². The van der Waals surface area contributed by atoms with E-state index in [-0.39, 0.29) is 0 Å². The van der Waals surface area contributed by atoms with Crippen LogP contribution in [0.5, 0.6) is 0 Å². The Bertz CT molecular complexity index is 349. The summed E-state index contributed by atoms with van der Waals surface area (Å²) < 4.78 is 0. The van der Waals surface area contributed by atoms with Crippen molar-refractivity contribution in [3.05, 3.63) is 22.8 Å². The molecule has 4 heteroatoms. The molecule has 0 aliphatic rings. The van der Waals surface area contributed by atoms with Gasteiger partial charge in [0.25, 0.3) is 0 Å². The molecule has 0 amide bonds. The van der Waals surface area contributed by atoms with E-state index in [1.165, 1.54) is 5.56 Å². The van der Waals surface area contributed by atoms with Crippen LogP contribution in [0, 0.1) is 13.8 Å². The number of rotatable bonds is 5. The van der Waals surface area contributed by atoms with E-state index < -0.39 is 0 Å². The molecule has 1 heterocycles. The summed E-state index contributed by atoms with van der Waals surface area (Å²) in [6.45, 7) is 10.0. The summed E-state index contributed by atoms with van der Waals surface area (Å²) in [4.78, 5) is 11.2. The van der Waals surface area contributed by atoms with E-state index in [4.69, 9.17) is 0 Å². The lowest BCUT2D eigenvalue weighted by molar-refractivity contribution is 0.389. The topological polar surface area (TPSA) is 41.1 Å². The molecule has 96 valence electrons. The van der Waals surface area contributed by atoms with Crippen molar-refractivity contribution in [2.45, 2.75) is 46.8 Å². The van der Waals surface area contributed by atoms with Crippen LogP contribution in [-0.4, -0.2) is 35.0 Å². The van der Waals surface area contributed by atoms with Crippen LogP contribution in [0.4, 0.5) is 0 Å². The van der Waals surface area contributed by atoms with E-state index in [0.29, 0.717) is 6.04 Å². The molecule has 0 saturated heterocycles. The van der Waals surface area contributed by atoms with Gasteiger partial charge >= 0.3 is 0 Å². The van der Waals surface area contributed by atoms with Gasteiger partial charge in [-0.15, -0.1) is 0 Å². The van der Waals surface area contributed by atoms with Crippen molar-refractivity contribution in [1.29, 1.82) is 0 Å². The summed E-state index contributed by atoms with van der Waals surface area (Å²) >= 11 is 0. The van der Waals surface area contributed by atoms with Crippen LogP contribution in [0.2, 0.25) is 0 Å². The van der Waals surface area contributed by atoms with Gasteiger partial charge in [0, 0.05) is 29.5 Å². The number of aromatic nitrogens is 2. The van der Waals surface area contributed by atoms with Crippen molar-refractivity contribution in [2.24, 2.45) is 0 Å². The summed E-state index contributed by atoms with van der Waals surface area (Å²) in [6, 6.07) is 0.482. The Morgan fingerprint density at radius 1 is 1.12 bits per heavy atom. The lowest BCUT2D eigenvalue weighted by atomic mass is 10.1. The Hall–Kier alpha value is -1.00. The van der Waals surface area contributed by atoms with Gasteiger partial charge in [-0.05, 0) is 27.9 Å². The maximum Gasteiger partial charge on any atom is 0.142 e. The maximum atomic E-state index is 4.56. The standard InChI is InChI=1S/C13H24N4/c1-9(2)14-7-12-10(3)15-13(8-17(5)6)16-11(12)4/h9,14H,7-8H2,1-6H3.